The predicted molar refractivity (Wildman–Crippen MR) is 123 cm³/mol. The number of pyridine rings is 1. The van der Waals surface area contributed by atoms with Crippen molar-refractivity contribution in [3.63, 3.8) is 0 Å². The molecule has 1 N–H and O–H groups in total. The number of nitrogens with one attached hydrogen (secondary N) is 1. The molecule has 1 aliphatic rings. The molecule has 1 atom stereocenters. The molecule has 1 aliphatic heterocycles. The Labute approximate surface area is 189 Å². The number of piperidine rings is 1. The van der Waals surface area contributed by atoms with Crippen molar-refractivity contribution < 1.29 is 19.1 Å². The second-order valence-corrected chi connectivity index (χ2v) is 7.87. The lowest BCUT2D eigenvalue weighted by atomic mass is 9.93. The Morgan fingerprint density at radius 3 is 2.84 bits per heavy atom. The van der Waals surface area contributed by atoms with Crippen LogP contribution in [0.4, 0.5) is 0 Å². The van der Waals surface area contributed by atoms with Gasteiger partial charge in [-0.25, -0.2) is 0 Å². The fourth-order valence-electron chi connectivity index (χ4n) is 3.85. The van der Waals surface area contributed by atoms with E-state index < -0.39 is 0 Å². The van der Waals surface area contributed by atoms with E-state index in [9.17, 15) is 9.59 Å². The van der Waals surface area contributed by atoms with Crippen LogP contribution in [0.5, 0.6) is 11.5 Å². The van der Waals surface area contributed by atoms with Crippen LogP contribution in [0.2, 0.25) is 0 Å². The Hall–Kier alpha value is -3.35. The van der Waals surface area contributed by atoms with E-state index in [1.807, 2.05) is 35.2 Å². The van der Waals surface area contributed by atoms with Crippen LogP contribution in [0.25, 0.3) is 6.08 Å². The van der Waals surface area contributed by atoms with Crippen molar-refractivity contribution in [2.45, 2.75) is 32.2 Å². The van der Waals surface area contributed by atoms with Gasteiger partial charge in [-0.05, 0) is 55.5 Å². The molecule has 0 bridgehead atoms. The fourth-order valence-corrected chi connectivity index (χ4v) is 3.85. The van der Waals surface area contributed by atoms with Crippen LogP contribution in [0, 0.1) is 5.92 Å². The fraction of sp³-hybridized carbons (Fsp3) is 0.400. The maximum absolute atomic E-state index is 12.5. The molecule has 2 amide bonds. The minimum Gasteiger partial charge on any atom is -0.497 e. The Morgan fingerprint density at radius 2 is 2.09 bits per heavy atom. The predicted octanol–water partition coefficient (Wildman–Crippen LogP) is 3.45. The van der Waals surface area contributed by atoms with Gasteiger partial charge in [0, 0.05) is 50.0 Å². The summed E-state index contributed by atoms with van der Waals surface area (Å²) in [6, 6.07) is 11.1. The normalized spacial score (nSPS) is 16.1. The summed E-state index contributed by atoms with van der Waals surface area (Å²) >= 11 is 0. The maximum Gasteiger partial charge on any atom is 0.246 e. The van der Waals surface area contributed by atoms with Gasteiger partial charge in [-0.15, -0.1) is 0 Å². The average Bonchev–Trinajstić information content (AvgIpc) is 2.85. The molecule has 7 nitrogen and oxygen atoms in total. The van der Waals surface area contributed by atoms with E-state index in [1.165, 1.54) is 0 Å². The number of nitrogens with zero attached hydrogens (tertiary/aromatic N) is 2. The largest absolute Gasteiger partial charge is 0.497 e. The van der Waals surface area contributed by atoms with Crippen molar-refractivity contribution >= 4 is 17.9 Å². The second-order valence-electron chi connectivity index (χ2n) is 7.87. The van der Waals surface area contributed by atoms with Gasteiger partial charge in [0.05, 0.1) is 19.9 Å². The third-order valence-electron chi connectivity index (χ3n) is 5.67. The molecule has 0 aliphatic carbocycles. The lowest BCUT2D eigenvalue weighted by Gasteiger charge is -2.32. The van der Waals surface area contributed by atoms with Crippen LogP contribution in [0.3, 0.4) is 0 Å². The molecule has 3 rings (SSSR count). The summed E-state index contributed by atoms with van der Waals surface area (Å²) in [6.45, 7) is 1.84. The van der Waals surface area contributed by atoms with Crippen LogP contribution in [0.15, 0.2) is 48.7 Å². The molecule has 1 saturated heterocycles. The van der Waals surface area contributed by atoms with Gasteiger partial charge in [-0.3, -0.25) is 14.6 Å². The first-order valence-electron chi connectivity index (χ1n) is 10.9. The molecule has 0 spiro atoms. The average molecular weight is 438 g/mol. The first-order chi connectivity index (χ1) is 15.6. The van der Waals surface area contributed by atoms with Crippen molar-refractivity contribution in [3.8, 4) is 11.5 Å². The monoisotopic (exact) mass is 437 g/mol. The van der Waals surface area contributed by atoms with Crippen molar-refractivity contribution in [1.82, 2.24) is 15.2 Å². The smallest absolute Gasteiger partial charge is 0.246 e. The summed E-state index contributed by atoms with van der Waals surface area (Å²) in [5.74, 6) is 1.73. The number of carbonyl (C=O) groups is 2. The number of carbonyl (C=O) groups excluding carboxylic acids is 2. The minimum absolute atomic E-state index is 0.00127. The number of rotatable bonds is 9. The SMILES string of the molecule is COc1ccc(CNC(=O)CC[C@H]2CCCN(C(=O)/C=C/c3ccccn3)C2)c(OC)c1. The topological polar surface area (TPSA) is 80.8 Å². The number of hydrogen-bond acceptors (Lipinski definition) is 5. The van der Waals surface area contributed by atoms with Crippen molar-refractivity contribution in [2.24, 2.45) is 5.92 Å². The molecule has 1 fully saturated rings. The highest BCUT2D eigenvalue weighted by atomic mass is 16.5. The molecule has 2 heterocycles. The molecule has 0 radical (unpaired) electrons. The van der Waals surface area contributed by atoms with E-state index in [0.717, 1.165) is 37.1 Å². The second kappa shape index (κ2) is 11.9. The van der Waals surface area contributed by atoms with E-state index in [2.05, 4.69) is 10.3 Å². The van der Waals surface area contributed by atoms with Gasteiger partial charge < -0.3 is 19.7 Å². The number of ether oxygens (including phenoxy) is 2. The van der Waals surface area contributed by atoms with E-state index in [-0.39, 0.29) is 11.8 Å². The lowest BCUT2D eigenvalue weighted by molar-refractivity contribution is -0.127. The van der Waals surface area contributed by atoms with Gasteiger partial charge in [-0.1, -0.05) is 6.07 Å². The van der Waals surface area contributed by atoms with Gasteiger partial charge in [0.1, 0.15) is 11.5 Å². The zero-order valence-electron chi connectivity index (χ0n) is 18.8. The number of benzene rings is 1. The molecule has 32 heavy (non-hydrogen) atoms. The van der Waals surface area contributed by atoms with E-state index in [0.29, 0.717) is 36.9 Å². The molecule has 7 heteroatoms. The number of methoxy groups -OCH3 is 2. The summed E-state index contributed by atoms with van der Waals surface area (Å²) in [5.41, 5.74) is 1.66. The van der Waals surface area contributed by atoms with E-state index in [1.54, 1.807) is 38.6 Å². The molecular formula is C25H31N3O4. The van der Waals surface area contributed by atoms with Gasteiger partial charge in [0.25, 0.3) is 0 Å². The zero-order chi connectivity index (χ0) is 22.8. The van der Waals surface area contributed by atoms with Gasteiger partial charge in [0.2, 0.25) is 11.8 Å². The Balaban J connectivity index is 1.43. The summed E-state index contributed by atoms with van der Waals surface area (Å²) < 4.78 is 10.6. The molecule has 0 saturated carbocycles. The third kappa shape index (κ3) is 6.83. The van der Waals surface area contributed by atoms with Crippen LogP contribution in [-0.2, 0) is 16.1 Å². The van der Waals surface area contributed by atoms with Crippen molar-refractivity contribution in [2.75, 3.05) is 27.3 Å². The van der Waals surface area contributed by atoms with Crippen LogP contribution >= 0.6 is 0 Å². The standard InChI is InChI=1S/C25H31N3O4/c1-31-22-11-9-20(23(16-22)32-2)17-27-24(29)12-8-19-6-5-15-28(18-19)25(30)13-10-21-7-3-4-14-26-21/h3-4,7,9-11,13-14,16,19H,5-6,8,12,15,17-18H2,1-2H3,(H,27,29)/b13-10+/t19-/m1/s1. The summed E-state index contributed by atoms with van der Waals surface area (Å²) in [4.78, 5) is 31.0. The third-order valence-corrected chi connectivity index (χ3v) is 5.67. The molecule has 1 aromatic heterocycles. The zero-order valence-corrected chi connectivity index (χ0v) is 18.8. The number of likely N-dealkylation sites (tertiary alicyclic amines) is 1. The molecule has 1 aromatic carbocycles. The summed E-state index contributed by atoms with van der Waals surface area (Å²) in [6.07, 6.45) is 8.23. The Bertz CT molecular complexity index is 930. The van der Waals surface area contributed by atoms with Crippen LogP contribution < -0.4 is 14.8 Å². The van der Waals surface area contributed by atoms with Gasteiger partial charge in [0.15, 0.2) is 0 Å². The summed E-state index contributed by atoms with van der Waals surface area (Å²) in [5, 5.41) is 2.96. The van der Waals surface area contributed by atoms with Crippen LogP contribution in [0.1, 0.15) is 36.9 Å². The first-order valence-corrected chi connectivity index (χ1v) is 10.9. The van der Waals surface area contributed by atoms with Crippen molar-refractivity contribution in [1.29, 1.82) is 0 Å². The van der Waals surface area contributed by atoms with E-state index >= 15 is 0 Å². The maximum atomic E-state index is 12.5. The number of hydrogen-bond donors (Lipinski definition) is 1. The molecular weight excluding hydrogens is 406 g/mol. The van der Waals surface area contributed by atoms with Gasteiger partial charge >= 0.3 is 0 Å². The summed E-state index contributed by atoms with van der Waals surface area (Å²) in [7, 11) is 3.20. The first kappa shape index (κ1) is 23.3. The highest BCUT2D eigenvalue weighted by molar-refractivity contribution is 5.91. The molecule has 0 unspecified atom stereocenters. The number of amides is 2. The number of aromatic nitrogens is 1. The van der Waals surface area contributed by atoms with Crippen LogP contribution in [-0.4, -0.2) is 49.0 Å². The molecule has 170 valence electrons. The Morgan fingerprint density at radius 1 is 1.22 bits per heavy atom. The Kier molecular flexibility index (Phi) is 8.66. The molecule has 2 aromatic rings. The van der Waals surface area contributed by atoms with Gasteiger partial charge in [-0.2, -0.15) is 0 Å². The van der Waals surface area contributed by atoms with E-state index in [4.69, 9.17) is 9.47 Å². The van der Waals surface area contributed by atoms with Crippen molar-refractivity contribution in [3.05, 3.63) is 59.9 Å². The minimum atomic E-state index is -0.00333. The highest BCUT2D eigenvalue weighted by Crippen LogP contribution is 2.25. The lowest BCUT2D eigenvalue weighted by Crippen LogP contribution is -2.39. The quantitative estimate of drug-likeness (QED) is 0.608. The highest BCUT2D eigenvalue weighted by Gasteiger charge is 2.23.